The van der Waals surface area contributed by atoms with Gasteiger partial charge in [-0.1, -0.05) is 19.3 Å². The average Bonchev–Trinajstić information content (AvgIpc) is 2.30. The summed E-state index contributed by atoms with van der Waals surface area (Å²) in [6.45, 7) is 0.164. The third-order valence-corrected chi connectivity index (χ3v) is 3.62. The fraction of sp³-hybridized carbons (Fsp3) is 0.833. The summed E-state index contributed by atoms with van der Waals surface area (Å²) in [5.74, 6) is -1.05. The maximum absolute atomic E-state index is 11.9. The van der Waals surface area contributed by atoms with Crippen LogP contribution in [0.3, 0.4) is 0 Å². The number of hydrogen-bond acceptors (Lipinski definition) is 3. The molecule has 1 amide bonds. The summed E-state index contributed by atoms with van der Waals surface area (Å²) >= 11 is 0. The number of carboxylic acid groups (broad SMARTS) is 1. The van der Waals surface area contributed by atoms with Crippen LogP contribution in [0.25, 0.3) is 0 Å². The number of aliphatic carboxylic acids is 1. The van der Waals surface area contributed by atoms with E-state index < -0.39 is 11.4 Å². The highest BCUT2D eigenvalue weighted by Gasteiger charge is 2.41. The first-order chi connectivity index (χ1) is 8.02. The largest absolute Gasteiger partial charge is 0.481 e. The molecule has 0 saturated heterocycles. The smallest absolute Gasteiger partial charge is 0.310 e. The predicted molar refractivity (Wildman–Crippen MR) is 62.5 cm³/mol. The van der Waals surface area contributed by atoms with E-state index in [1.165, 1.54) is 4.90 Å². The normalized spacial score (nSPS) is 18.7. The molecule has 1 saturated carbocycles. The fourth-order valence-corrected chi connectivity index (χ4v) is 2.39. The van der Waals surface area contributed by atoms with Crippen LogP contribution in [0.4, 0.5) is 0 Å². The lowest BCUT2D eigenvalue weighted by Gasteiger charge is -2.33. The molecule has 0 aromatic heterocycles. The highest BCUT2D eigenvalue weighted by Crippen LogP contribution is 2.39. The Balaban J connectivity index is 2.66. The number of rotatable bonds is 5. The van der Waals surface area contributed by atoms with E-state index in [0.717, 1.165) is 19.3 Å². The van der Waals surface area contributed by atoms with Gasteiger partial charge in [0.15, 0.2) is 0 Å². The number of carbonyl (C=O) groups is 2. The Morgan fingerprint density at radius 2 is 1.82 bits per heavy atom. The maximum Gasteiger partial charge on any atom is 0.310 e. The Bertz CT molecular complexity index is 284. The van der Waals surface area contributed by atoms with Crippen LogP contribution in [-0.4, -0.2) is 47.2 Å². The molecule has 1 aliphatic rings. The van der Waals surface area contributed by atoms with E-state index in [-0.39, 0.29) is 25.5 Å². The molecule has 0 aromatic carbocycles. The summed E-state index contributed by atoms with van der Waals surface area (Å²) in [5.41, 5.74) is -0.876. The van der Waals surface area contributed by atoms with Crippen LogP contribution >= 0.6 is 0 Å². The fourth-order valence-electron chi connectivity index (χ4n) is 2.39. The van der Waals surface area contributed by atoms with Crippen LogP contribution in [0.1, 0.15) is 38.5 Å². The van der Waals surface area contributed by atoms with Gasteiger partial charge in [-0.3, -0.25) is 9.59 Å². The Hall–Kier alpha value is -1.10. The minimum Gasteiger partial charge on any atom is -0.481 e. The zero-order chi connectivity index (χ0) is 12.9. The van der Waals surface area contributed by atoms with E-state index in [0.29, 0.717) is 12.8 Å². The van der Waals surface area contributed by atoms with Crippen molar-refractivity contribution >= 4 is 11.9 Å². The number of carbonyl (C=O) groups excluding carboxylic acids is 1. The zero-order valence-electron chi connectivity index (χ0n) is 10.3. The number of hydrogen-bond donors (Lipinski definition) is 2. The summed E-state index contributed by atoms with van der Waals surface area (Å²) in [6.07, 6.45) is 4.03. The molecule has 0 aromatic rings. The molecule has 1 aliphatic carbocycles. The van der Waals surface area contributed by atoms with Crippen molar-refractivity contribution in [1.29, 1.82) is 0 Å². The number of amides is 1. The van der Waals surface area contributed by atoms with E-state index in [9.17, 15) is 14.7 Å². The average molecular weight is 243 g/mol. The van der Waals surface area contributed by atoms with Crippen LogP contribution in [0.2, 0.25) is 0 Å². The predicted octanol–water partition coefficient (Wildman–Crippen LogP) is 0.862. The van der Waals surface area contributed by atoms with Crippen LogP contribution in [0, 0.1) is 5.41 Å². The summed E-state index contributed by atoms with van der Waals surface area (Å²) in [6, 6.07) is 0. The van der Waals surface area contributed by atoms with Gasteiger partial charge in [-0.05, 0) is 12.8 Å². The molecule has 0 spiro atoms. The van der Waals surface area contributed by atoms with E-state index in [2.05, 4.69) is 0 Å². The minimum absolute atomic E-state index is 0.0544. The van der Waals surface area contributed by atoms with E-state index in [1.54, 1.807) is 7.05 Å². The van der Waals surface area contributed by atoms with E-state index >= 15 is 0 Å². The molecule has 0 unspecified atom stereocenters. The second-order valence-electron chi connectivity index (χ2n) is 4.86. The topological polar surface area (TPSA) is 77.8 Å². The van der Waals surface area contributed by atoms with Gasteiger partial charge in [-0.2, -0.15) is 0 Å². The van der Waals surface area contributed by atoms with Crippen molar-refractivity contribution in [2.24, 2.45) is 5.41 Å². The Morgan fingerprint density at radius 1 is 1.24 bits per heavy atom. The van der Waals surface area contributed by atoms with Crippen LogP contribution in [-0.2, 0) is 9.59 Å². The first kappa shape index (κ1) is 14.0. The van der Waals surface area contributed by atoms with Crippen LogP contribution < -0.4 is 0 Å². The van der Waals surface area contributed by atoms with Gasteiger partial charge in [0, 0.05) is 20.0 Å². The lowest BCUT2D eigenvalue weighted by molar-refractivity contribution is -0.155. The molecule has 5 heteroatoms. The van der Waals surface area contributed by atoms with Gasteiger partial charge in [0.25, 0.3) is 0 Å². The molecule has 0 atom stereocenters. The quantitative estimate of drug-likeness (QED) is 0.750. The Morgan fingerprint density at radius 3 is 2.29 bits per heavy atom. The SMILES string of the molecule is CN(CCO)C(=O)CC1(C(=O)O)CCCCC1. The van der Waals surface area contributed by atoms with Gasteiger partial charge in [0.05, 0.1) is 12.0 Å². The number of aliphatic hydroxyl groups excluding tert-OH is 1. The van der Waals surface area contributed by atoms with Crippen molar-refractivity contribution < 1.29 is 19.8 Å². The summed E-state index contributed by atoms with van der Waals surface area (Å²) in [7, 11) is 1.59. The number of nitrogens with zero attached hydrogens (tertiary/aromatic N) is 1. The van der Waals surface area contributed by atoms with Crippen molar-refractivity contribution in [1.82, 2.24) is 4.90 Å². The molecule has 5 nitrogen and oxygen atoms in total. The van der Waals surface area contributed by atoms with Crippen molar-refractivity contribution in [2.75, 3.05) is 20.2 Å². The van der Waals surface area contributed by atoms with Gasteiger partial charge in [0.1, 0.15) is 0 Å². The molecule has 0 bridgehead atoms. The van der Waals surface area contributed by atoms with Gasteiger partial charge in [-0.25, -0.2) is 0 Å². The van der Waals surface area contributed by atoms with Gasteiger partial charge in [0.2, 0.25) is 5.91 Å². The lowest BCUT2D eigenvalue weighted by Crippen LogP contribution is -2.40. The van der Waals surface area contributed by atoms with Crippen LogP contribution in [0.5, 0.6) is 0 Å². The Kier molecular flexibility index (Phi) is 4.93. The van der Waals surface area contributed by atoms with Gasteiger partial charge >= 0.3 is 5.97 Å². The molecule has 2 N–H and O–H groups in total. The molecular formula is C12H21NO4. The number of likely N-dealkylation sites (N-methyl/N-ethyl adjacent to an activating group) is 1. The first-order valence-electron chi connectivity index (χ1n) is 6.10. The zero-order valence-corrected chi connectivity index (χ0v) is 10.3. The maximum atomic E-state index is 11.9. The molecule has 0 radical (unpaired) electrons. The molecule has 1 fully saturated rings. The van der Waals surface area contributed by atoms with E-state index in [1.807, 2.05) is 0 Å². The summed E-state index contributed by atoms with van der Waals surface area (Å²) in [4.78, 5) is 24.6. The second-order valence-corrected chi connectivity index (χ2v) is 4.86. The van der Waals surface area contributed by atoms with Crippen molar-refractivity contribution in [3.63, 3.8) is 0 Å². The number of carboxylic acids is 1. The monoisotopic (exact) mass is 243 g/mol. The van der Waals surface area contributed by atoms with Gasteiger partial charge in [-0.15, -0.1) is 0 Å². The third kappa shape index (κ3) is 3.43. The van der Waals surface area contributed by atoms with Crippen molar-refractivity contribution in [3.05, 3.63) is 0 Å². The molecular weight excluding hydrogens is 222 g/mol. The van der Waals surface area contributed by atoms with Crippen molar-refractivity contribution in [2.45, 2.75) is 38.5 Å². The minimum atomic E-state index is -0.876. The van der Waals surface area contributed by atoms with Crippen molar-refractivity contribution in [3.8, 4) is 0 Å². The first-order valence-corrected chi connectivity index (χ1v) is 6.10. The molecule has 1 rings (SSSR count). The summed E-state index contributed by atoms with van der Waals surface area (Å²) in [5, 5.41) is 18.1. The highest BCUT2D eigenvalue weighted by atomic mass is 16.4. The second kappa shape index (κ2) is 6.00. The molecule has 98 valence electrons. The number of aliphatic hydroxyl groups is 1. The third-order valence-electron chi connectivity index (χ3n) is 3.62. The highest BCUT2D eigenvalue weighted by molar-refractivity contribution is 5.85. The summed E-state index contributed by atoms with van der Waals surface area (Å²) < 4.78 is 0. The van der Waals surface area contributed by atoms with E-state index in [4.69, 9.17) is 5.11 Å². The Labute approximate surface area is 101 Å². The molecule has 17 heavy (non-hydrogen) atoms. The molecule has 0 aliphatic heterocycles. The molecule has 0 heterocycles. The lowest BCUT2D eigenvalue weighted by atomic mass is 9.71. The standard InChI is InChI=1S/C12H21NO4/c1-13(7-8-14)10(15)9-12(11(16)17)5-3-2-4-6-12/h14H,2-9H2,1H3,(H,16,17). The van der Waals surface area contributed by atoms with Gasteiger partial charge < -0.3 is 15.1 Å². The van der Waals surface area contributed by atoms with Crippen LogP contribution in [0.15, 0.2) is 0 Å².